The zero-order chi connectivity index (χ0) is 12.5. The normalized spacial score (nSPS) is 11.5. The molecule has 0 aliphatic heterocycles. The fourth-order valence-corrected chi connectivity index (χ4v) is 1.37. The Labute approximate surface area is 99.3 Å². The van der Waals surface area contributed by atoms with Gasteiger partial charge in [0, 0.05) is 12.3 Å². The van der Waals surface area contributed by atoms with Crippen molar-refractivity contribution in [1.29, 1.82) is 0 Å². The summed E-state index contributed by atoms with van der Waals surface area (Å²) in [5.41, 5.74) is 0.347. The number of hydrogen-bond acceptors (Lipinski definition) is 3. The van der Waals surface area contributed by atoms with E-state index in [-0.39, 0.29) is 10.8 Å². The van der Waals surface area contributed by atoms with Crippen molar-refractivity contribution in [2.45, 2.75) is 6.18 Å². The highest BCUT2D eigenvalue weighted by Crippen LogP contribution is 2.29. The summed E-state index contributed by atoms with van der Waals surface area (Å²) in [4.78, 5) is 10.4. The molecule has 0 N–H and O–H groups in total. The quantitative estimate of drug-likeness (QED) is 0.738. The predicted octanol–water partition coefficient (Wildman–Crippen LogP) is 3.21. The smallest absolute Gasteiger partial charge is 0.255 e. The van der Waals surface area contributed by atoms with Crippen LogP contribution in [0.3, 0.4) is 0 Å². The monoisotopic (exact) mass is 259 g/mol. The van der Waals surface area contributed by atoms with E-state index in [2.05, 4.69) is 15.0 Å². The molecule has 0 fully saturated rings. The molecule has 88 valence electrons. The molecule has 0 aromatic carbocycles. The molecular formula is C10H5ClF3N3. The van der Waals surface area contributed by atoms with Crippen LogP contribution in [0.15, 0.2) is 30.5 Å². The predicted molar refractivity (Wildman–Crippen MR) is 55.3 cm³/mol. The standard InChI is InChI=1S/C10H5ClF3N3/c11-8-5-7(6-3-1-2-4-15-6)16-9(17-8)10(12,13)14/h1-5H. The Kier molecular flexibility index (Phi) is 2.97. The maximum absolute atomic E-state index is 12.5. The summed E-state index contributed by atoms with van der Waals surface area (Å²) in [7, 11) is 0. The lowest BCUT2D eigenvalue weighted by Crippen LogP contribution is -2.11. The molecule has 0 unspecified atom stereocenters. The van der Waals surface area contributed by atoms with Gasteiger partial charge in [-0.05, 0) is 12.1 Å². The Bertz CT molecular complexity index is 528. The van der Waals surface area contributed by atoms with Gasteiger partial charge in [-0.25, -0.2) is 9.97 Å². The molecule has 2 rings (SSSR count). The van der Waals surface area contributed by atoms with Crippen LogP contribution in [-0.4, -0.2) is 15.0 Å². The lowest BCUT2D eigenvalue weighted by atomic mass is 10.2. The molecule has 0 saturated heterocycles. The topological polar surface area (TPSA) is 38.7 Å². The average molecular weight is 260 g/mol. The SMILES string of the molecule is FC(F)(F)c1nc(Cl)cc(-c2ccccn2)n1. The molecule has 0 aliphatic carbocycles. The summed E-state index contributed by atoms with van der Waals surface area (Å²) >= 11 is 5.53. The van der Waals surface area contributed by atoms with Gasteiger partial charge >= 0.3 is 6.18 Å². The summed E-state index contributed by atoms with van der Waals surface area (Å²) in [5, 5.41) is -0.270. The molecule has 0 spiro atoms. The number of halogens is 4. The molecular weight excluding hydrogens is 255 g/mol. The number of alkyl halides is 3. The highest BCUT2D eigenvalue weighted by atomic mass is 35.5. The molecule has 0 amide bonds. The molecule has 17 heavy (non-hydrogen) atoms. The fraction of sp³-hybridized carbons (Fsp3) is 0.100. The Morgan fingerprint density at radius 1 is 1.06 bits per heavy atom. The van der Waals surface area contributed by atoms with Crippen molar-refractivity contribution in [2.75, 3.05) is 0 Å². The van der Waals surface area contributed by atoms with E-state index in [0.717, 1.165) is 0 Å². The molecule has 3 nitrogen and oxygen atoms in total. The molecule has 0 bridgehead atoms. The van der Waals surface area contributed by atoms with Gasteiger partial charge in [0.15, 0.2) is 0 Å². The minimum Gasteiger partial charge on any atom is -0.255 e. The van der Waals surface area contributed by atoms with Gasteiger partial charge in [0.2, 0.25) is 5.82 Å². The molecule has 0 aliphatic rings. The number of hydrogen-bond donors (Lipinski definition) is 0. The number of rotatable bonds is 1. The van der Waals surface area contributed by atoms with Crippen LogP contribution in [0.1, 0.15) is 5.82 Å². The Morgan fingerprint density at radius 3 is 2.41 bits per heavy atom. The Balaban J connectivity index is 2.54. The Hall–Kier alpha value is -1.69. The first kappa shape index (κ1) is 11.8. The molecule has 2 aromatic rings. The Morgan fingerprint density at radius 2 is 1.82 bits per heavy atom. The van der Waals surface area contributed by atoms with Crippen molar-refractivity contribution >= 4 is 11.6 Å². The summed E-state index contributed by atoms with van der Waals surface area (Å²) < 4.78 is 37.4. The summed E-state index contributed by atoms with van der Waals surface area (Å²) in [5.74, 6) is -1.27. The van der Waals surface area contributed by atoms with Crippen LogP contribution in [0.2, 0.25) is 5.15 Å². The van der Waals surface area contributed by atoms with Crippen LogP contribution in [0.5, 0.6) is 0 Å². The van der Waals surface area contributed by atoms with Gasteiger partial charge in [0.25, 0.3) is 0 Å². The average Bonchev–Trinajstić information content (AvgIpc) is 2.28. The van der Waals surface area contributed by atoms with E-state index in [9.17, 15) is 13.2 Å². The maximum Gasteiger partial charge on any atom is 0.451 e. The van der Waals surface area contributed by atoms with E-state index in [1.807, 2.05) is 0 Å². The van der Waals surface area contributed by atoms with E-state index in [1.165, 1.54) is 12.3 Å². The number of nitrogens with zero attached hydrogens (tertiary/aromatic N) is 3. The number of aromatic nitrogens is 3. The highest BCUT2D eigenvalue weighted by Gasteiger charge is 2.35. The van der Waals surface area contributed by atoms with E-state index in [1.54, 1.807) is 18.2 Å². The lowest BCUT2D eigenvalue weighted by molar-refractivity contribution is -0.144. The minimum absolute atomic E-state index is 0.0397. The van der Waals surface area contributed by atoms with Crippen LogP contribution >= 0.6 is 11.6 Å². The second-order valence-electron chi connectivity index (χ2n) is 3.11. The first-order valence-corrected chi connectivity index (χ1v) is 4.88. The van der Waals surface area contributed by atoms with Crippen molar-refractivity contribution in [1.82, 2.24) is 15.0 Å². The van der Waals surface area contributed by atoms with Crippen molar-refractivity contribution in [3.8, 4) is 11.4 Å². The first-order valence-electron chi connectivity index (χ1n) is 4.50. The first-order chi connectivity index (χ1) is 7.97. The maximum atomic E-state index is 12.5. The van der Waals surface area contributed by atoms with Gasteiger partial charge in [-0.15, -0.1) is 0 Å². The second kappa shape index (κ2) is 4.29. The minimum atomic E-state index is -4.63. The van der Waals surface area contributed by atoms with Crippen LogP contribution in [0.25, 0.3) is 11.4 Å². The highest BCUT2D eigenvalue weighted by molar-refractivity contribution is 6.29. The van der Waals surface area contributed by atoms with Gasteiger partial charge in [-0.1, -0.05) is 17.7 Å². The van der Waals surface area contributed by atoms with Gasteiger partial charge < -0.3 is 0 Å². The third-order valence-corrected chi connectivity index (χ3v) is 2.07. The molecule has 2 heterocycles. The largest absolute Gasteiger partial charge is 0.451 e. The van der Waals surface area contributed by atoms with Crippen molar-refractivity contribution < 1.29 is 13.2 Å². The molecule has 0 radical (unpaired) electrons. The van der Waals surface area contributed by atoms with E-state index >= 15 is 0 Å². The fourth-order valence-electron chi connectivity index (χ4n) is 1.19. The zero-order valence-corrected chi connectivity index (χ0v) is 9.00. The summed E-state index contributed by atoms with van der Waals surface area (Å²) in [6.45, 7) is 0. The van der Waals surface area contributed by atoms with Gasteiger partial charge in [0.1, 0.15) is 5.15 Å². The van der Waals surface area contributed by atoms with Crippen LogP contribution in [0.4, 0.5) is 13.2 Å². The molecule has 0 saturated carbocycles. The molecule has 2 aromatic heterocycles. The third kappa shape index (κ3) is 2.71. The third-order valence-electron chi connectivity index (χ3n) is 1.88. The van der Waals surface area contributed by atoms with Crippen molar-refractivity contribution in [3.63, 3.8) is 0 Å². The van der Waals surface area contributed by atoms with Gasteiger partial charge in [-0.2, -0.15) is 13.2 Å². The van der Waals surface area contributed by atoms with E-state index in [4.69, 9.17) is 11.6 Å². The van der Waals surface area contributed by atoms with Crippen molar-refractivity contribution in [2.24, 2.45) is 0 Å². The second-order valence-corrected chi connectivity index (χ2v) is 3.50. The molecule has 0 atom stereocenters. The lowest BCUT2D eigenvalue weighted by Gasteiger charge is -2.07. The van der Waals surface area contributed by atoms with E-state index < -0.39 is 12.0 Å². The zero-order valence-electron chi connectivity index (χ0n) is 8.24. The van der Waals surface area contributed by atoms with Crippen molar-refractivity contribution in [3.05, 3.63) is 41.4 Å². The molecule has 7 heteroatoms. The van der Waals surface area contributed by atoms with Crippen LogP contribution in [0, 0.1) is 0 Å². The van der Waals surface area contributed by atoms with Gasteiger partial charge in [0.05, 0.1) is 11.4 Å². The van der Waals surface area contributed by atoms with Crippen LogP contribution in [-0.2, 0) is 6.18 Å². The summed E-state index contributed by atoms with van der Waals surface area (Å²) in [6.07, 6.45) is -3.17. The number of pyridine rings is 1. The van der Waals surface area contributed by atoms with Gasteiger partial charge in [-0.3, -0.25) is 4.98 Å². The summed E-state index contributed by atoms with van der Waals surface area (Å²) in [6, 6.07) is 6.07. The van der Waals surface area contributed by atoms with E-state index in [0.29, 0.717) is 5.69 Å². The van der Waals surface area contributed by atoms with Crippen LogP contribution < -0.4 is 0 Å².